The van der Waals surface area contributed by atoms with Gasteiger partial charge in [0.25, 0.3) is 0 Å². The quantitative estimate of drug-likeness (QED) is 0.786. The van der Waals surface area contributed by atoms with Gasteiger partial charge < -0.3 is 10.1 Å². The van der Waals surface area contributed by atoms with E-state index < -0.39 is 0 Å². The van der Waals surface area contributed by atoms with E-state index in [1.165, 1.54) is 0 Å². The zero-order chi connectivity index (χ0) is 15.2. The van der Waals surface area contributed by atoms with Gasteiger partial charge in [-0.1, -0.05) is 30.7 Å². The molecule has 1 unspecified atom stereocenters. The van der Waals surface area contributed by atoms with Crippen LogP contribution in [0.3, 0.4) is 0 Å². The lowest BCUT2D eigenvalue weighted by molar-refractivity contribution is 0.402. The van der Waals surface area contributed by atoms with Crippen LogP contribution in [0.1, 0.15) is 29.8 Å². The minimum atomic E-state index is -0.335. The minimum Gasteiger partial charge on any atom is -0.496 e. The normalized spacial score (nSPS) is 12.4. The van der Waals surface area contributed by atoms with Gasteiger partial charge in [-0.25, -0.2) is 4.39 Å². The molecule has 1 aromatic carbocycles. The van der Waals surface area contributed by atoms with Gasteiger partial charge in [-0.05, 0) is 42.5 Å². The van der Waals surface area contributed by atoms with E-state index >= 15 is 0 Å². The lowest BCUT2D eigenvalue weighted by Gasteiger charge is -2.19. The maximum absolute atomic E-state index is 14.1. The molecule has 2 aromatic rings. The summed E-state index contributed by atoms with van der Waals surface area (Å²) in [5.41, 5.74) is 0.617. The molecule has 2 rings (SSSR count). The highest BCUT2D eigenvalue weighted by molar-refractivity contribution is 7.10. The van der Waals surface area contributed by atoms with Crippen LogP contribution in [0.25, 0.3) is 0 Å². The van der Waals surface area contributed by atoms with Gasteiger partial charge >= 0.3 is 0 Å². The van der Waals surface area contributed by atoms with E-state index in [4.69, 9.17) is 16.3 Å². The maximum atomic E-state index is 14.1. The number of nitrogens with one attached hydrogen (secondary N) is 1. The molecule has 1 atom stereocenters. The van der Waals surface area contributed by atoms with Crippen molar-refractivity contribution in [2.24, 2.45) is 0 Å². The number of thiophene rings is 1. The molecule has 1 N–H and O–H groups in total. The lowest BCUT2D eigenvalue weighted by atomic mass is 10.0. The Morgan fingerprint density at radius 1 is 1.38 bits per heavy atom. The molecule has 5 heteroatoms. The van der Waals surface area contributed by atoms with Crippen molar-refractivity contribution in [1.82, 2.24) is 5.32 Å². The van der Waals surface area contributed by atoms with Crippen molar-refractivity contribution >= 4 is 22.9 Å². The van der Waals surface area contributed by atoms with Crippen LogP contribution in [0.15, 0.2) is 29.6 Å². The highest BCUT2D eigenvalue weighted by atomic mass is 35.5. The average molecular weight is 328 g/mol. The number of methoxy groups -OCH3 is 1. The number of benzene rings is 1. The van der Waals surface area contributed by atoms with E-state index in [2.05, 4.69) is 12.2 Å². The van der Waals surface area contributed by atoms with Gasteiger partial charge in [-0.3, -0.25) is 0 Å². The number of ether oxygens (including phenoxy) is 1. The van der Waals surface area contributed by atoms with Gasteiger partial charge in [0.05, 0.1) is 17.0 Å². The second-order valence-corrected chi connectivity index (χ2v) is 6.13. The highest BCUT2D eigenvalue weighted by Crippen LogP contribution is 2.33. The van der Waals surface area contributed by atoms with Crippen LogP contribution >= 0.6 is 22.9 Å². The number of rotatable bonds is 7. The van der Waals surface area contributed by atoms with Crippen molar-refractivity contribution in [3.05, 3.63) is 50.9 Å². The van der Waals surface area contributed by atoms with E-state index in [1.807, 2.05) is 11.4 Å². The average Bonchev–Trinajstić information content (AvgIpc) is 2.96. The highest BCUT2D eigenvalue weighted by Gasteiger charge is 2.19. The number of hydrogen-bond donors (Lipinski definition) is 1. The molecule has 0 saturated carbocycles. The van der Waals surface area contributed by atoms with E-state index in [-0.39, 0.29) is 16.9 Å². The molecule has 0 bridgehead atoms. The Morgan fingerprint density at radius 2 is 2.19 bits per heavy atom. The first kappa shape index (κ1) is 16.3. The van der Waals surface area contributed by atoms with E-state index in [0.29, 0.717) is 12.0 Å². The fraction of sp³-hybridized carbons (Fsp3) is 0.375. The standard InChI is InChI=1S/C16H19ClFNOS/c1-3-8-19-13(16-14(20-2)7-9-21-16)10-11-5-4-6-12(17)15(11)18/h4-7,9,13,19H,3,8,10H2,1-2H3. The molecule has 0 fully saturated rings. The smallest absolute Gasteiger partial charge is 0.145 e. The number of halogens is 2. The summed E-state index contributed by atoms with van der Waals surface area (Å²) in [4.78, 5) is 1.09. The van der Waals surface area contributed by atoms with Gasteiger partial charge in [-0.15, -0.1) is 11.3 Å². The first-order valence-electron chi connectivity index (χ1n) is 6.95. The Kier molecular flexibility index (Phi) is 6.03. The molecule has 0 spiro atoms. The van der Waals surface area contributed by atoms with Gasteiger partial charge in [0.1, 0.15) is 11.6 Å². The molecule has 0 aliphatic rings. The van der Waals surface area contributed by atoms with E-state index in [1.54, 1.807) is 36.6 Å². The largest absolute Gasteiger partial charge is 0.496 e. The van der Waals surface area contributed by atoms with Gasteiger partial charge in [0, 0.05) is 6.04 Å². The molecule has 0 aliphatic carbocycles. The van der Waals surface area contributed by atoms with Crippen LogP contribution in [0.2, 0.25) is 5.02 Å². The molecule has 0 radical (unpaired) electrons. The summed E-state index contributed by atoms with van der Waals surface area (Å²) in [5.74, 6) is 0.508. The second-order valence-electron chi connectivity index (χ2n) is 4.78. The monoisotopic (exact) mass is 327 g/mol. The van der Waals surface area contributed by atoms with Crippen LogP contribution in [-0.4, -0.2) is 13.7 Å². The first-order valence-corrected chi connectivity index (χ1v) is 8.20. The Bertz CT molecular complexity index is 587. The second kappa shape index (κ2) is 7.78. The third-order valence-corrected chi connectivity index (χ3v) is 4.59. The minimum absolute atomic E-state index is 0.0212. The fourth-order valence-electron chi connectivity index (χ4n) is 2.23. The third kappa shape index (κ3) is 3.96. The zero-order valence-corrected chi connectivity index (χ0v) is 13.7. The van der Waals surface area contributed by atoms with Crippen molar-refractivity contribution < 1.29 is 9.13 Å². The van der Waals surface area contributed by atoms with Crippen LogP contribution < -0.4 is 10.1 Å². The van der Waals surface area contributed by atoms with E-state index in [9.17, 15) is 4.39 Å². The van der Waals surface area contributed by atoms with Crippen LogP contribution in [0.5, 0.6) is 5.75 Å². The molecule has 114 valence electrons. The summed E-state index contributed by atoms with van der Waals surface area (Å²) >= 11 is 7.49. The molecule has 1 aromatic heterocycles. The Balaban J connectivity index is 2.26. The summed E-state index contributed by atoms with van der Waals surface area (Å²) < 4.78 is 19.5. The van der Waals surface area contributed by atoms with Crippen LogP contribution in [0, 0.1) is 5.82 Å². The van der Waals surface area contributed by atoms with Gasteiger partial charge in [0.2, 0.25) is 0 Å². The topological polar surface area (TPSA) is 21.3 Å². The summed E-state index contributed by atoms with van der Waals surface area (Å²) in [6.07, 6.45) is 1.56. The molecule has 1 heterocycles. The summed E-state index contributed by atoms with van der Waals surface area (Å²) in [5, 5.41) is 5.62. The van der Waals surface area contributed by atoms with Crippen LogP contribution in [0.4, 0.5) is 4.39 Å². The van der Waals surface area contributed by atoms with Crippen molar-refractivity contribution in [1.29, 1.82) is 0 Å². The lowest BCUT2D eigenvalue weighted by Crippen LogP contribution is -2.24. The SMILES string of the molecule is CCCNC(Cc1cccc(Cl)c1F)c1sccc1OC. The predicted molar refractivity (Wildman–Crippen MR) is 87.0 cm³/mol. The zero-order valence-electron chi connectivity index (χ0n) is 12.2. The van der Waals surface area contributed by atoms with Crippen molar-refractivity contribution in [3.8, 4) is 5.75 Å². The molecular weight excluding hydrogens is 309 g/mol. The molecule has 0 saturated heterocycles. The van der Waals surface area contributed by atoms with Gasteiger partial charge in [-0.2, -0.15) is 0 Å². The molecule has 21 heavy (non-hydrogen) atoms. The maximum Gasteiger partial charge on any atom is 0.145 e. The Hall–Kier alpha value is -1.10. The summed E-state index contributed by atoms with van der Waals surface area (Å²) in [6.45, 7) is 2.98. The number of hydrogen-bond acceptors (Lipinski definition) is 3. The van der Waals surface area contributed by atoms with Crippen molar-refractivity contribution in [3.63, 3.8) is 0 Å². The van der Waals surface area contributed by atoms with Crippen LogP contribution in [-0.2, 0) is 6.42 Å². The fourth-order valence-corrected chi connectivity index (χ4v) is 3.36. The molecule has 2 nitrogen and oxygen atoms in total. The third-order valence-electron chi connectivity index (χ3n) is 3.29. The molecular formula is C16H19ClFNOS. The first-order chi connectivity index (χ1) is 10.2. The predicted octanol–water partition coefficient (Wildman–Crippen LogP) is 4.83. The Labute approximate surface area is 133 Å². The van der Waals surface area contributed by atoms with Gasteiger partial charge in [0.15, 0.2) is 0 Å². The summed E-state index contributed by atoms with van der Waals surface area (Å²) in [6, 6.07) is 7.09. The van der Waals surface area contributed by atoms with Crippen molar-refractivity contribution in [2.75, 3.05) is 13.7 Å². The molecule has 0 aliphatic heterocycles. The Morgan fingerprint density at radius 3 is 2.90 bits per heavy atom. The van der Waals surface area contributed by atoms with Crippen molar-refractivity contribution in [2.45, 2.75) is 25.8 Å². The summed E-state index contributed by atoms with van der Waals surface area (Å²) in [7, 11) is 1.66. The molecule has 0 amide bonds. The van der Waals surface area contributed by atoms with E-state index in [0.717, 1.165) is 23.6 Å².